The van der Waals surface area contributed by atoms with Crippen molar-refractivity contribution >= 4 is 22.5 Å². The van der Waals surface area contributed by atoms with Crippen LogP contribution in [0.3, 0.4) is 0 Å². The van der Waals surface area contributed by atoms with Crippen LogP contribution in [0.1, 0.15) is 50.3 Å². The molecule has 4 nitrogen and oxygen atoms in total. The Kier molecular flexibility index (Phi) is 5.29. The normalized spacial score (nSPS) is 16.9. The molecule has 3 aliphatic rings. The molecule has 41 heavy (non-hydrogen) atoms. The van der Waals surface area contributed by atoms with Crippen LogP contribution in [0.5, 0.6) is 5.75 Å². The Balaban J connectivity index is 1.54. The molecular formula is C37H26N2O2. The fraction of sp³-hybridized carbons (Fsp3) is 0.0811. The van der Waals surface area contributed by atoms with Gasteiger partial charge in [-0.05, 0) is 47.4 Å². The monoisotopic (exact) mass is 530 g/mol. The topological polar surface area (TPSA) is 43.6 Å². The number of hydrogen-bond acceptors (Lipinski definition) is 3. The van der Waals surface area contributed by atoms with Gasteiger partial charge in [0.2, 0.25) is 0 Å². The van der Waals surface area contributed by atoms with Crippen molar-refractivity contribution in [2.24, 2.45) is 4.99 Å². The van der Waals surface area contributed by atoms with Gasteiger partial charge in [-0.25, -0.2) is 0 Å². The molecule has 0 N–H and O–H groups in total. The highest BCUT2D eigenvalue weighted by Crippen LogP contribution is 2.52. The molecule has 0 saturated carbocycles. The Bertz CT molecular complexity index is 1990. The van der Waals surface area contributed by atoms with Crippen molar-refractivity contribution in [1.29, 1.82) is 0 Å². The average molecular weight is 531 g/mol. The minimum Gasteiger partial charge on any atom is -0.478 e. The number of rotatable bonds is 3. The van der Waals surface area contributed by atoms with E-state index in [0.29, 0.717) is 5.56 Å². The van der Waals surface area contributed by atoms with Crippen LogP contribution in [0.2, 0.25) is 0 Å². The number of ether oxygens (including phenoxy) is 1. The second kappa shape index (κ2) is 9.17. The van der Waals surface area contributed by atoms with E-state index in [-0.39, 0.29) is 18.1 Å². The van der Waals surface area contributed by atoms with Gasteiger partial charge in [-0.15, -0.1) is 0 Å². The standard InChI is InChI=1S/C37H26N2O2/c1-23-21-22-29-30-31(34(25-15-7-3-8-16-25)39(29)37(40)26-17-9-4-10-18-26)33-27-19-11-12-20-28(27)36(41-35(23)30)32(38-33)24-13-5-2-6-14-24/h2-22,33,36H,1H3/t33-,36+/m0/s1. The number of hydrogen-bond donors (Lipinski definition) is 0. The number of aliphatic imine (C=N–C) groups is 1. The molecule has 2 bridgehead atoms. The van der Waals surface area contributed by atoms with E-state index in [0.717, 1.165) is 61.4 Å². The first-order chi connectivity index (χ1) is 20.2. The summed E-state index contributed by atoms with van der Waals surface area (Å²) in [6, 6.07) is 42.2. The van der Waals surface area contributed by atoms with Gasteiger partial charge in [-0.2, -0.15) is 0 Å². The third-order valence-corrected chi connectivity index (χ3v) is 8.26. The lowest BCUT2D eigenvalue weighted by molar-refractivity contribution is 0.0966. The van der Waals surface area contributed by atoms with Gasteiger partial charge in [-0.3, -0.25) is 14.4 Å². The smallest absolute Gasteiger partial charge is 0.262 e. The average Bonchev–Trinajstić information content (AvgIpc) is 3.36. The fourth-order valence-electron chi connectivity index (χ4n) is 6.42. The van der Waals surface area contributed by atoms with Crippen LogP contribution in [-0.4, -0.2) is 16.2 Å². The van der Waals surface area contributed by atoms with Gasteiger partial charge in [-0.1, -0.05) is 109 Å². The van der Waals surface area contributed by atoms with Gasteiger partial charge in [0.15, 0.2) is 6.10 Å². The third kappa shape index (κ3) is 3.54. The summed E-state index contributed by atoms with van der Waals surface area (Å²) in [5.41, 5.74) is 9.43. The van der Waals surface area contributed by atoms with E-state index in [2.05, 4.69) is 67.6 Å². The maximum atomic E-state index is 14.4. The number of aryl methyl sites for hydroxylation is 1. The summed E-state index contributed by atoms with van der Waals surface area (Å²) in [5.74, 6) is 0.729. The second-order valence-corrected chi connectivity index (χ2v) is 10.7. The van der Waals surface area contributed by atoms with Gasteiger partial charge in [0.1, 0.15) is 11.8 Å². The molecule has 9 rings (SSSR count). The molecule has 0 saturated heterocycles. The van der Waals surface area contributed by atoms with E-state index in [1.165, 1.54) is 0 Å². The first-order valence-electron chi connectivity index (χ1n) is 13.9. The van der Waals surface area contributed by atoms with Crippen molar-refractivity contribution in [3.8, 4) is 17.0 Å². The molecule has 6 aromatic rings. The van der Waals surface area contributed by atoms with Crippen molar-refractivity contribution in [2.75, 3.05) is 0 Å². The zero-order valence-corrected chi connectivity index (χ0v) is 22.5. The SMILES string of the molecule is Cc1ccc2c3c1O[C@H]1C(c4ccccc4)=N[C@@H](c4ccccc41)c3c(-c1ccccc1)n2C(=O)c1ccccc1. The zero-order valence-electron chi connectivity index (χ0n) is 22.5. The Morgan fingerprint density at radius 2 is 1.32 bits per heavy atom. The molecule has 0 amide bonds. The van der Waals surface area contributed by atoms with Gasteiger partial charge in [0, 0.05) is 22.1 Å². The molecule has 0 spiro atoms. The van der Waals surface area contributed by atoms with Crippen molar-refractivity contribution in [2.45, 2.75) is 19.1 Å². The summed E-state index contributed by atoms with van der Waals surface area (Å²) in [6.07, 6.45) is -0.365. The molecule has 0 fully saturated rings. The van der Waals surface area contributed by atoms with E-state index in [4.69, 9.17) is 9.73 Å². The minimum atomic E-state index is -0.365. The van der Waals surface area contributed by atoms with Crippen molar-refractivity contribution in [1.82, 2.24) is 4.57 Å². The van der Waals surface area contributed by atoms with Crippen LogP contribution in [0.15, 0.2) is 132 Å². The van der Waals surface area contributed by atoms with Crippen molar-refractivity contribution in [3.63, 3.8) is 0 Å². The molecule has 1 aromatic heterocycles. The minimum absolute atomic E-state index is 0.0788. The molecule has 4 heterocycles. The van der Waals surface area contributed by atoms with E-state index >= 15 is 0 Å². The number of aromatic nitrogens is 1. The van der Waals surface area contributed by atoms with Crippen LogP contribution >= 0.6 is 0 Å². The van der Waals surface area contributed by atoms with Crippen LogP contribution in [0.4, 0.5) is 0 Å². The maximum absolute atomic E-state index is 14.4. The Hall–Kier alpha value is -5.22. The maximum Gasteiger partial charge on any atom is 0.262 e. The summed E-state index contributed by atoms with van der Waals surface area (Å²) < 4.78 is 8.93. The molecule has 2 atom stereocenters. The summed E-state index contributed by atoms with van der Waals surface area (Å²) in [4.78, 5) is 19.9. The molecular weight excluding hydrogens is 504 g/mol. The van der Waals surface area contributed by atoms with E-state index in [9.17, 15) is 4.79 Å². The van der Waals surface area contributed by atoms with Crippen molar-refractivity contribution in [3.05, 3.63) is 161 Å². The van der Waals surface area contributed by atoms with Crippen LogP contribution < -0.4 is 4.74 Å². The lowest BCUT2D eigenvalue weighted by Gasteiger charge is -2.35. The summed E-state index contributed by atoms with van der Waals surface area (Å²) in [7, 11) is 0. The Labute approximate surface area is 238 Å². The van der Waals surface area contributed by atoms with E-state index in [1.807, 2.05) is 71.3 Å². The largest absolute Gasteiger partial charge is 0.478 e. The highest BCUT2D eigenvalue weighted by atomic mass is 16.5. The highest BCUT2D eigenvalue weighted by molar-refractivity contribution is 6.12. The Morgan fingerprint density at radius 1 is 0.707 bits per heavy atom. The third-order valence-electron chi connectivity index (χ3n) is 8.26. The number of carbonyl (C=O) groups excluding carboxylic acids is 1. The van der Waals surface area contributed by atoms with Gasteiger partial charge in [0.25, 0.3) is 5.91 Å². The first kappa shape index (κ1) is 23.6. The van der Waals surface area contributed by atoms with E-state index < -0.39 is 0 Å². The molecule has 5 aromatic carbocycles. The molecule has 0 aliphatic carbocycles. The predicted octanol–water partition coefficient (Wildman–Crippen LogP) is 8.33. The lowest BCUT2D eigenvalue weighted by atomic mass is 9.82. The van der Waals surface area contributed by atoms with Crippen LogP contribution in [-0.2, 0) is 0 Å². The Morgan fingerprint density at radius 3 is 2.02 bits per heavy atom. The lowest BCUT2D eigenvalue weighted by Crippen LogP contribution is -2.29. The number of nitrogens with zero attached hydrogens (tertiary/aromatic N) is 2. The molecule has 0 unspecified atom stereocenters. The quantitative estimate of drug-likeness (QED) is 0.231. The van der Waals surface area contributed by atoms with Crippen molar-refractivity contribution < 1.29 is 9.53 Å². The van der Waals surface area contributed by atoms with Crippen LogP contribution in [0, 0.1) is 6.92 Å². The first-order valence-corrected chi connectivity index (χ1v) is 13.9. The summed E-state index contributed by atoms with van der Waals surface area (Å²) >= 11 is 0. The predicted molar refractivity (Wildman–Crippen MR) is 163 cm³/mol. The van der Waals surface area contributed by atoms with Gasteiger partial charge < -0.3 is 4.74 Å². The number of benzene rings is 5. The van der Waals surface area contributed by atoms with Gasteiger partial charge in [0.05, 0.1) is 16.9 Å². The molecule has 4 heteroatoms. The number of carbonyl (C=O) groups is 1. The zero-order chi connectivity index (χ0) is 27.5. The molecule has 196 valence electrons. The van der Waals surface area contributed by atoms with Gasteiger partial charge >= 0.3 is 0 Å². The summed E-state index contributed by atoms with van der Waals surface area (Å²) in [5, 5.41) is 0.952. The highest BCUT2D eigenvalue weighted by Gasteiger charge is 2.40. The second-order valence-electron chi connectivity index (χ2n) is 10.7. The van der Waals surface area contributed by atoms with Crippen LogP contribution in [0.25, 0.3) is 22.2 Å². The summed E-state index contributed by atoms with van der Waals surface area (Å²) in [6.45, 7) is 2.08. The molecule has 3 aliphatic heterocycles. The fourth-order valence-corrected chi connectivity index (χ4v) is 6.42. The van der Waals surface area contributed by atoms with E-state index in [1.54, 1.807) is 0 Å². The molecule has 0 radical (unpaired) electrons.